The molecule has 1 unspecified atom stereocenters. The van der Waals surface area contributed by atoms with Crippen LogP contribution in [0.25, 0.3) is 11.3 Å². The van der Waals surface area contributed by atoms with Crippen molar-refractivity contribution in [1.82, 2.24) is 4.57 Å². The molecule has 1 aliphatic heterocycles. The lowest BCUT2D eigenvalue weighted by atomic mass is 9.99. The normalized spacial score (nSPS) is 18.7. The molecule has 1 aromatic carbocycles. The van der Waals surface area contributed by atoms with E-state index in [-0.39, 0.29) is 11.5 Å². The number of thioether (sulfide) groups is 1. The number of benzene rings is 1. The lowest BCUT2D eigenvalue weighted by Crippen LogP contribution is -2.14. The van der Waals surface area contributed by atoms with E-state index in [1.165, 1.54) is 11.1 Å². The van der Waals surface area contributed by atoms with Gasteiger partial charge in [0.2, 0.25) is 5.56 Å². The maximum absolute atomic E-state index is 11.6. The number of rotatable bonds is 4. The van der Waals surface area contributed by atoms with Gasteiger partial charge in [0.05, 0.1) is 0 Å². The summed E-state index contributed by atoms with van der Waals surface area (Å²) in [6.07, 6.45) is 9.32. The van der Waals surface area contributed by atoms with Crippen molar-refractivity contribution in [3.63, 3.8) is 0 Å². The second-order valence-corrected chi connectivity index (χ2v) is 7.04. The zero-order valence-corrected chi connectivity index (χ0v) is 15.9. The second kappa shape index (κ2) is 7.70. The number of aryl methyl sites for hydroxylation is 1. The molecule has 0 aliphatic carbocycles. The molecule has 0 radical (unpaired) electrons. The minimum Gasteiger partial charge on any atom is -0.460 e. The molecule has 2 aromatic rings. The Morgan fingerprint density at radius 2 is 2.12 bits per heavy atom. The third-order valence-electron chi connectivity index (χ3n) is 4.31. The molecule has 5 heteroatoms. The van der Waals surface area contributed by atoms with Crippen molar-refractivity contribution in [2.75, 3.05) is 6.26 Å². The van der Waals surface area contributed by atoms with Crippen LogP contribution in [0.15, 0.2) is 76.4 Å². The first kappa shape index (κ1) is 18.1. The summed E-state index contributed by atoms with van der Waals surface area (Å²) in [6, 6.07) is 11.6. The van der Waals surface area contributed by atoms with Crippen molar-refractivity contribution < 1.29 is 4.74 Å². The van der Waals surface area contributed by atoms with Gasteiger partial charge in [0.15, 0.2) is 0 Å². The van der Waals surface area contributed by atoms with Gasteiger partial charge >= 0.3 is 0 Å². The maximum atomic E-state index is 11.6. The molecule has 1 aliphatic rings. The first-order valence-corrected chi connectivity index (χ1v) is 9.59. The molecule has 0 saturated heterocycles. The quantitative estimate of drug-likeness (QED) is 0.831. The van der Waals surface area contributed by atoms with E-state index >= 15 is 0 Å². The number of nitrogens with two attached hydrogens (primary N) is 1. The monoisotopic (exact) mass is 366 g/mol. The SMILES string of the molecule is CSc1cccc(C(/C=C\N)=C2\OC(c3ccc(=O)n(C)c3)=CC2C)c1. The average Bonchev–Trinajstić information content (AvgIpc) is 3.03. The van der Waals surface area contributed by atoms with Crippen LogP contribution in [-0.4, -0.2) is 10.8 Å². The van der Waals surface area contributed by atoms with Crippen LogP contribution in [0.2, 0.25) is 0 Å². The van der Waals surface area contributed by atoms with Crippen LogP contribution < -0.4 is 11.3 Å². The molecule has 2 N–H and O–H groups in total. The van der Waals surface area contributed by atoms with Gasteiger partial charge in [0.1, 0.15) is 11.5 Å². The Hall–Kier alpha value is -2.66. The first-order chi connectivity index (χ1) is 12.5. The van der Waals surface area contributed by atoms with Gasteiger partial charge in [-0.2, -0.15) is 0 Å². The highest BCUT2D eigenvalue weighted by Crippen LogP contribution is 2.38. The Balaban J connectivity index is 2.03. The van der Waals surface area contributed by atoms with E-state index in [1.807, 2.05) is 12.1 Å². The largest absolute Gasteiger partial charge is 0.460 e. The summed E-state index contributed by atoms with van der Waals surface area (Å²) in [5.74, 6) is 1.72. The van der Waals surface area contributed by atoms with Crippen molar-refractivity contribution in [2.24, 2.45) is 18.7 Å². The van der Waals surface area contributed by atoms with Gasteiger partial charge < -0.3 is 15.0 Å². The van der Waals surface area contributed by atoms with Crippen LogP contribution in [0.1, 0.15) is 18.1 Å². The van der Waals surface area contributed by atoms with Crippen molar-refractivity contribution >= 4 is 23.1 Å². The van der Waals surface area contributed by atoms with Gasteiger partial charge in [-0.05, 0) is 48.4 Å². The van der Waals surface area contributed by atoms with E-state index in [0.29, 0.717) is 0 Å². The van der Waals surface area contributed by atoms with Crippen molar-refractivity contribution in [3.8, 4) is 0 Å². The number of pyridine rings is 1. The molecule has 0 fully saturated rings. The average molecular weight is 366 g/mol. The summed E-state index contributed by atoms with van der Waals surface area (Å²) in [4.78, 5) is 12.8. The van der Waals surface area contributed by atoms with E-state index in [9.17, 15) is 4.79 Å². The third kappa shape index (κ3) is 3.63. The molecule has 0 bridgehead atoms. The van der Waals surface area contributed by atoms with E-state index < -0.39 is 0 Å². The van der Waals surface area contributed by atoms with Crippen LogP contribution >= 0.6 is 11.8 Å². The minimum atomic E-state index is -0.0446. The highest BCUT2D eigenvalue weighted by molar-refractivity contribution is 7.98. The fraction of sp³-hybridized carbons (Fsp3) is 0.190. The smallest absolute Gasteiger partial charge is 0.250 e. The summed E-state index contributed by atoms with van der Waals surface area (Å²) in [7, 11) is 1.73. The standard InChI is InChI=1S/C21H22N2O2S/c1-14-11-19(16-7-8-20(24)23(2)13-16)25-21(14)18(9-10-22)15-5-4-6-17(12-15)26-3/h4-14H,22H2,1-3H3/b10-9-,21-18-. The highest BCUT2D eigenvalue weighted by Gasteiger charge is 2.24. The van der Waals surface area contributed by atoms with Gasteiger partial charge in [-0.3, -0.25) is 4.79 Å². The molecule has 0 spiro atoms. The molecule has 134 valence electrons. The van der Waals surface area contributed by atoms with Gasteiger partial charge in [-0.15, -0.1) is 11.8 Å². The predicted molar refractivity (Wildman–Crippen MR) is 108 cm³/mol. The molecule has 1 aromatic heterocycles. The summed E-state index contributed by atoms with van der Waals surface area (Å²) in [5.41, 5.74) is 8.57. The Morgan fingerprint density at radius 3 is 2.81 bits per heavy atom. The number of allylic oxidation sites excluding steroid dienone is 3. The topological polar surface area (TPSA) is 57.2 Å². The molecular formula is C21H22N2O2S. The fourth-order valence-corrected chi connectivity index (χ4v) is 3.41. The van der Waals surface area contributed by atoms with E-state index in [4.69, 9.17) is 10.5 Å². The first-order valence-electron chi connectivity index (χ1n) is 8.37. The number of hydrogen-bond acceptors (Lipinski definition) is 4. The van der Waals surface area contributed by atoms with Crippen molar-refractivity contribution in [2.45, 2.75) is 11.8 Å². The Kier molecular flexibility index (Phi) is 5.38. The molecule has 26 heavy (non-hydrogen) atoms. The zero-order chi connectivity index (χ0) is 18.7. The maximum Gasteiger partial charge on any atom is 0.250 e. The van der Waals surface area contributed by atoms with E-state index in [1.54, 1.807) is 41.7 Å². The molecule has 2 heterocycles. The fourth-order valence-electron chi connectivity index (χ4n) is 2.95. The summed E-state index contributed by atoms with van der Waals surface area (Å²) in [6.45, 7) is 2.09. The van der Waals surface area contributed by atoms with Crippen LogP contribution in [-0.2, 0) is 11.8 Å². The Morgan fingerprint density at radius 1 is 1.31 bits per heavy atom. The predicted octanol–water partition coefficient (Wildman–Crippen LogP) is 4.00. The number of ether oxygens (including phenoxy) is 1. The lowest BCUT2D eigenvalue weighted by molar-refractivity contribution is 0.376. The molecule has 0 amide bonds. The van der Waals surface area contributed by atoms with Crippen LogP contribution in [0.5, 0.6) is 0 Å². The molecule has 3 rings (SSSR count). The van der Waals surface area contributed by atoms with E-state index in [0.717, 1.165) is 28.2 Å². The molecule has 1 atom stereocenters. The number of hydrogen-bond donors (Lipinski definition) is 1. The van der Waals surface area contributed by atoms with Gasteiger partial charge in [-0.1, -0.05) is 19.1 Å². The second-order valence-electron chi connectivity index (χ2n) is 6.16. The summed E-state index contributed by atoms with van der Waals surface area (Å²) in [5, 5.41) is 0. The minimum absolute atomic E-state index is 0.0446. The van der Waals surface area contributed by atoms with Crippen LogP contribution in [0.3, 0.4) is 0 Å². The third-order valence-corrected chi connectivity index (χ3v) is 5.04. The highest BCUT2D eigenvalue weighted by atomic mass is 32.2. The van der Waals surface area contributed by atoms with Gasteiger partial charge in [0.25, 0.3) is 0 Å². The number of nitrogens with zero attached hydrogens (tertiary/aromatic N) is 1. The summed E-state index contributed by atoms with van der Waals surface area (Å²) < 4.78 is 7.76. The Bertz CT molecular complexity index is 970. The summed E-state index contributed by atoms with van der Waals surface area (Å²) >= 11 is 1.70. The Labute approximate surface area is 157 Å². The molecular weight excluding hydrogens is 344 g/mol. The van der Waals surface area contributed by atoms with Crippen LogP contribution in [0, 0.1) is 5.92 Å². The lowest BCUT2D eigenvalue weighted by Gasteiger charge is -2.13. The zero-order valence-electron chi connectivity index (χ0n) is 15.1. The molecule has 0 saturated carbocycles. The van der Waals surface area contributed by atoms with Crippen molar-refractivity contribution in [3.05, 3.63) is 88.2 Å². The number of aromatic nitrogens is 1. The van der Waals surface area contributed by atoms with Gasteiger partial charge in [-0.25, -0.2) is 0 Å². The van der Waals surface area contributed by atoms with Crippen LogP contribution in [0.4, 0.5) is 0 Å². The van der Waals surface area contributed by atoms with Crippen molar-refractivity contribution in [1.29, 1.82) is 0 Å². The van der Waals surface area contributed by atoms with Gasteiger partial charge in [0, 0.05) is 41.3 Å². The molecule has 4 nitrogen and oxygen atoms in total. The van der Waals surface area contributed by atoms with E-state index in [2.05, 4.69) is 37.5 Å².